The molecule has 1 aliphatic carbocycles. The van der Waals surface area contributed by atoms with Crippen LogP contribution in [-0.2, 0) is 0 Å². The van der Waals surface area contributed by atoms with Crippen molar-refractivity contribution in [1.82, 2.24) is 5.32 Å². The zero-order valence-corrected chi connectivity index (χ0v) is 10.4. The summed E-state index contributed by atoms with van der Waals surface area (Å²) < 4.78 is 10.6. The van der Waals surface area contributed by atoms with E-state index in [1.165, 1.54) is 13.2 Å². The molecule has 6 nitrogen and oxygen atoms in total. The van der Waals surface area contributed by atoms with Crippen LogP contribution in [0.2, 0.25) is 0 Å². The van der Waals surface area contributed by atoms with Crippen molar-refractivity contribution in [2.45, 2.75) is 25.0 Å². The summed E-state index contributed by atoms with van der Waals surface area (Å²) in [6.07, 6.45) is 1.99. The first-order chi connectivity index (χ1) is 8.63. The van der Waals surface area contributed by atoms with Crippen LogP contribution in [0.25, 0.3) is 0 Å². The van der Waals surface area contributed by atoms with E-state index in [0.29, 0.717) is 11.8 Å². The summed E-state index contributed by atoms with van der Waals surface area (Å²) in [5, 5.41) is 14.0. The molecule has 0 bridgehead atoms. The minimum absolute atomic E-state index is 0.0699. The molecule has 1 aromatic rings. The third kappa shape index (κ3) is 2.53. The average Bonchev–Trinajstić information content (AvgIpc) is 2.32. The molecule has 6 heteroatoms. The highest BCUT2D eigenvalue weighted by Gasteiger charge is 2.30. The first-order valence-corrected chi connectivity index (χ1v) is 5.80. The largest absolute Gasteiger partial charge is 0.490 e. The lowest BCUT2D eigenvalue weighted by atomic mass is 9.89. The van der Waals surface area contributed by atoms with Crippen molar-refractivity contribution >= 4 is 5.69 Å². The van der Waals surface area contributed by atoms with Crippen LogP contribution in [0.15, 0.2) is 18.2 Å². The van der Waals surface area contributed by atoms with E-state index in [1.54, 1.807) is 12.1 Å². The molecular formula is C12H16N2O4. The van der Waals surface area contributed by atoms with E-state index in [0.717, 1.165) is 12.8 Å². The number of nitrogens with zero attached hydrogens (tertiary/aromatic N) is 1. The van der Waals surface area contributed by atoms with Crippen LogP contribution in [0.4, 0.5) is 5.69 Å². The zero-order valence-electron chi connectivity index (χ0n) is 10.4. The number of hydrogen-bond donors (Lipinski definition) is 1. The maximum atomic E-state index is 10.9. The van der Waals surface area contributed by atoms with Crippen LogP contribution in [-0.4, -0.2) is 31.2 Å². The van der Waals surface area contributed by atoms with Crippen LogP contribution in [0.1, 0.15) is 12.8 Å². The highest BCUT2D eigenvalue weighted by atomic mass is 16.6. The van der Waals surface area contributed by atoms with Gasteiger partial charge in [-0.3, -0.25) is 10.1 Å². The second kappa shape index (κ2) is 5.22. The first-order valence-electron chi connectivity index (χ1n) is 5.80. The Morgan fingerprint density at radius 2 is 2.17 bits per heavy atom. The number of nitro groups is 1. The van der Waals surface area contributed by atoms with Crippen molar-refractivity contribution in [2.75, 3.05) is 14.2 Å². The van der Waals surface area contributed by atoms with Crippen molar-refractivity contribution in [3.63, 3.8) is 0 Å². The maximum absolute atomic E-state index is 10.9. The van der Waals surface area contributed by atoms with Gasteiger partial charge in [0, 0.05) is 6.04 Å². The van der Waals surface area contributed by atoms with Crippen molar-refractivity contribution in [1.29, 1.82) is 0 Å². The quantitative estimate of drug-likeness (QED) is 0.638. The molecule has 0 spiro atoms. The monoisotopic (exact) mass is 252 g/mol. The normalized spacial score (nSPS) is 22.1. The Balaban J connectivity index is 2.06. The Kier molecular flexibility index (Phi) is 3.66. The molecule has 0 aromatic heterocycles. The van der Waals surface area contributed by atoms with Crippen molar-refractivity contribution in [2.24, 2.45) is 0 Å². The van der Waals surface area contributed by atoms with Gasteiger partial charge in [-0.15, -0.1) is 0 Å². The number of hydrogen-bond acceptors (Lipinski definition) is 5. The lowest BCUT2D eigenvalue weighted by molar-refractivity contribution is -0.385. The van der Waals surface area contributed by atoms with Gasteiger partial charge in [-0.05, 0) is 32.0 Å². The van der Waals surface area contributed by atoms with Crippen LogP contribution >= 0.6 is 0 Å². The summed E-state index contributed by atoms with van der Waals surface area (Å²) in [4.78, 5) is 10.4. The van der Waals surface area contributed by atoms with Gasteiger partial charge in [-0.1, -0.05) is 0 Å². The molecule has 0 amide bonds. The number of benzene rings is 1. The summed E-state index contributed by atoms with van der Waals surface area (Å²) in [6, 6.07) is 5.15. The number of rotatable bonds is 5. The fraction of sp³-hybridized carbons (Fsp3) is 0.500. The average molecular weight is 252 g/mol. The van der Waals surface area contributed by atoms with Crippen molar-refractivity contribution in [3.8, 4) is 11.5 Å². The van der Waals surface area contributed by atoms with E-state index in [9.17, 15) is 10.1 Å². The van der Waals surface area contributed by atoms with E-state index in [2.05, 4.69) is 5.32 Å². The smallest absolute Gasteiger partial charge is 0.314 e. The second-order valence-corrected chi connectivity index (χ2v) is 4.29. The summed E-state index contributed by atoms with van der Waals surface area (Å²) in [7, 11) is 3.32. The molecule has 1 aliphatic rings. The van der Waals surface area contributed by atoms with Gasteiger partial charge < -0.3 is 14.8 Å². The number of nitrogens with one attached hydrogen (secondary N) is 1. The van der Waals surface area contributed by atoms with Gasteiger partial charge in [0.25, 0.3) is 0 Å². The fourth-order valence-corrected chi connectivity index (χ4v) is 1.98. The predicted octanol–water partition coefficient (Wildman–Crippen LogP) is 1.73. The van der Waals surface area contributed by atoms with Crippen LogP contribution in [0.3, 0.4) is 0 Å². The Morgan fingerprint density at radius 1 is 1.44 bits per heavy atom. The fourth-order valence-electron chi connectivity index (χ4n) is 1.98. The topological polar surface area (TPSA) is 73.6 Å². The van der Waals surface area contributed by atoms with Crippen molar-refractivity contribution in [3.05, 3.63) is 28.3 Å². The number of ether oxygens (including phenoxy) is 2. The lowest BCUT2D eigenvalue weighted by Gasteiger charge is -2.35. The molecule has 18 heavy (non-hydrogen) atoms. The molecule has 0 heterocycles. The van der Waals surface area contributed by atoms with E-state index in [4.69, 9.17) is 9.47 Å². The SMILES string of the molecule is CNC1CC(Oc2ccc(OC)c([N+](=O)[O-])c2)C1. The van der Waals surface area contributed by atoms with E-state index < -0.39 is 4.92 Å². The molecule has 0 unspecified atom stereocenters. The number of nitro benzene ring substituents is 1. The Bertz CT molecular complexity index is 444. The van der Waals surface area contributed by atoms with Gasteiger partial charge >= 0.3 is 5.69 Å². The molecule has 1 fully saturated rings. The molecule has 0 saturated heterocycles. The predicted molar refractivity (Wildman–Crippen MR) is 66.1 cm³/mol. The van der Waals surface area contributed by atoms with Gasteiger partial charge in [0.15, 0.2) is 5.75 Å². The van der Waals surface area contributed by atoms with Gasteiger partial charge in [-0.25, -0.2) is 0 Å². The molecular weight excluding hydrogens is 236 g/mol. The third-order valence-electron chi connectivity index (χ3n) is 3.15. The van der Waals surface area contributed by atoms with Crippen LogP contribution in [0.5, 0.6) is 11.5 Å². The van der Waals surface area contributed by atoms with Crippen LogP contribution in [0, 0.1) is 10.1 Å². The minimum atomic E-state index is -0.469. The Labute approximate surface area is 105 Å². The minimum Gasteiger partial charge on any atom is -0.490 e. The van der Waals surface area contributed by atoms with Gasteiger partial charge in [0.05, 0.1) is 18.1 Å². The highest BCUT2D eigenvalue weighted by Crippen LogP contribution is 2.33. The highest BCUT2D eigenvalue weighted by molar-refractivity contribution is 5.50. The second-order valence-electron chi connectivity index (χ2n) is 4.29. The van der Waals surface area contributed by atoms with E-state index in [1.807, 2.05) is 7.05 Å². The Morgan fingerprint density at radius 3 is 2.72 bits per heavy atom. The van der Waals surface area contributed by atoms with Crippen molar-refractivity contribution < 1.29 is 14.4 Å². The molecule has 0 atom stereocenters. The molecule has 98 valence electrons. The number of methoxy groups -OCH3 is 1. The molecule has 2 rings (SSSR count). The molecule has 0 aliphatic heterocycles. The molecule has 0 radical (unpaired) electrons. The molecule has 1 N–H and O–H groups in total. The van der Waals surface area contributed by atoms with E-state index >= 15 is 0 Å². The first kappa shape index (κ1) is 12.6. The Hall–Kier alpha value is -1.82. The zero-order chi connectivity index (χ0) is 13.1. The molecule has 1 aromatic carbocycles. The van der Waals surface area contributed by atoms with Gasteiger partial charge in [0.2, 0.25) is 0 Å². The van der Waals surface area contributed by atoms with E-state index in [-0.39, 0.29) is 17.5 Å². The summed E-state index contributed by atoms with van der Waals surface area (Å²) in [5.74, 6) is 0.760. The lowest BCUT2D eigenvalue weighted by Crippen LogP contribution is -2.45. The van der Waals surface area contributed by atoms with Gasteiger partial charge in [0.1, 0.15) is 11.9 Å². The summed E-state index contributed by atoms with van der Waals surface area (Å²) in [5.41, 5.74) is -0.0699. The molecule has 1 saturated carbocycles. The van der Waals surface area contributed by atoms with Gasteiger partial charge in [-0.2, -0.15) is 0 Å². The summed E-state index contributed by atoms with van der Waals surface area (Å²) in [6.45, 7) is 0. The third-order valence-corrected chi connectivity index (χ3v) is 3.15. The maximum Gasteiger partial charge on any atom is 0.314 e. The van der Waals surface area contributed by atoms with Crippen LogP contribution < -0.4 is 14.8 Å². The standard InChI is InChI=1S/C12H16N2O4/c1-13-8-5-10(6-8)18-9-3-4-12(17-2)11(7-9)14(15)16/h3-4,7-8,10,13H,5-6H2,1-2H3. The summed E-state index contributed by atoms with van der Waals surface area (Å²) >= 11 is 0.